The van der Waals surface area contributed by atoms with Crippen molar-refractivity contribution in [3.8, 4) is 0 Å². The fraction of sp³-hybridized carbons (Fsp3) is 0.462. The van der Waals surface area contributed by atoms with Crippen molar-refractivity contribution in [3.05, 3.63) is 34.9 Å². The van der Waals surface area contributed by atoms with Crippen LogP contribution in [0.4, 0.5) is 0 Å². The van der Waals surface area contributed by atoms with E-state index in [1.165, 1.54) is 0 Å². The second kappa shape index (κ2) is 5.63. The lowest BCUT2D eigenvalue weighted by Gasteiger charge is -2.28. The molecule has 2 unspecified atom stereocenters. The molecule has 1 aromatic carbocycles. The van der Waals surface area contributed by atoms with Crippen LogP contribution in [0, 0.1) is 0 Å². The summed E-state index contributed by atoms with van der Waals surface area (Å²) in [6.07, 6.45) is 0.425. The van der Waals surface area contributed by atoms with Crippen molar-refractivity contribution in [2.45, 2.75) is 25.4 Å². The van der Waals surface area contributed by atoms with Crippen molar-refractivity contribution >= 4 is 17.4 Å². The molecule has 2 atom stereocenters. The van der Waals surface area contributed by atoms with Gasteiger partial charge in [-0.05, 0) is 19.1 Å². The molecule has 1 heterocycles. The fourth-order valence-electron chi connectivity index (χ4n) is 2.02. The van der Waals surface area contributed by atoms with E-state index in [0.29, 0.717) is 36.3 Å². The van der Waals surface area contributed by atoms with Crippen LogP contribution in [0.1, 0.15) is 23.7 Å². The summed E-state index contributed by atoms with van der Waals surface area (Å²) in [5.74, 6) is 0.0609. The quantitative estimate of drug-likeness (QED) is 0.840. The summed E-state index contributed by atoms with van der Waals surface area (Å²) in [4.78, 5) is 12.1. The summed E-state index contributed by atoms with van der Waals surface area (Å²) in [5, 5.41) is 3.86. The summed E-state index contributed by atoms with van der Waals surface area (Å²) >= 11 is 5.99. The lowest BCUT2D eigenvalue weighted by molar-refractivity contribution is 0.0463. The van der Waals surface area contributed by atoms with E-state index < -0.39 is 0 Å². The average Bonchev–Trinajstić information content (AvgIpc) is 2.29. The SMILES string of the molecule is CC1COCC(CC(=O)c2ccccc2Cl)N1. The molecule has 0 radical (unpaired) electrons. The fourth-order valence-corrected chi connectivity index (χ4v) is 2.27. The highest BCUT2D eigenvalue weighted by atomic mass is 35.5. The number of carbonyl (C=O) groups is 1. The monoisotopic (exact) mass is 253 g/mol. The van der Waals surface area contributed by atoms with Crippen molar-refractivity contribution < 1.29 is 9.53 Å². The minimum Gasteiger partial charge on any atom is -0.378 e. The number of rotatable bonds is 3. The Bertz CT molecular complexity index is 408. The third-order valence-corrected chi connectivity index (χ3v) is 3.14. The highest BCUT2D eigenvalue weighted by molar-refractivity contribution is 6.33. The molecule has 1 saturated heterocycles. The van der Waals surface area contributed by atoms with Crippen molar-refractivity contribution in [1.82, 2.24) is 5.32 Å². The normalized spacial score (nSPS) is 24.6. The summed E-state index contributed by atoms with van der Waals surface area (Å²) in [5.41, 5.74) is 0.592. The van der Waals surface area contributed by atoms with Crippen LogP contribution < -0.4 is 5.32 Å². The molecule has 0 saturated carbocycles. The largest absolute Gasteiger partial charge is 0.378 e. The van der Waals surface area contributed by atoms with E-state index >= 15 is 0 Å². The maximum Gasteiger partial charge on any atom is 0.166 e. The molecule has 0 amide bonds. The number of nitrogens with one attached hydrogen (secondary N) is 1. The maximum absolute atomic E-state index is 12.1. The molecule has 1 aromatic rings. The summed E-state index contributed by atoms with van der Waals surface area (Å²) in [6, 6.07) is 7.53. The van der Waals surface area contributed by atoms with Crippen molar-refractivity contribution in [2.75, 3.05) is 13.2 Å². The first-order valence-electron chi connectivity index (χ1n) is 5.78. The second-order valence-electron chi connectivity index (χ2n) is 4.41. The minimum atomic E-state index is 0.0609. The number of carbonyl (C=O) groups excluding carboxylic acids is 1. The summed E-state index contributed by atoms with van der Waals surface area (Å²) in [6.45, 7) is 3.34. The van der Waals surface area contributed by atoms with Gasteiger partial charge in [0, 0.05) is 24.1 Å². The molecular formula is C13H16ClNO2. The van der Waals surface area contributed by atoms with Crippen molar-refractivity contribution in [1.29, 1.82) is 0 Å². The maximum atomic E-state index is 12.1. The van der Waals surface area contributed by atoms with E-state index in [9.17, 15) is 4.79 Å². The van der Waals surface area contributed by atoms with Gasteiger partial charge in [0.1, 0.15) is 0 Å². The van der Waals surface area contributed by atoms with E-state index in [1.807, 2.05) is 19.1 Å². The van der Waals surface area contributed by atoms with Gasteiger partial charge in [0.25, 0.3) is 0 Å². The van der Waals surface area contributed by atoms with Crippen LogP contribution in [0.5, 0.6) is 0 Å². The van der Waals surface area contributed by atoms with Gasteiger partial charge in [-0.25, -0.2) is 0 Å². The Labute approximate surface area is 106 Å². The molecule has 1 fully saturated rings. The number of hydrogen-bond acceptors (Lipinski definition) is 3. The van der Waals surface area contributed by atoms with E-state index in [4.69, 9.17) is 16.3 Å². The first-order chi connectivity index (χ1) is 8.16. The molecule has 0 aromatic heterocycles. The zero-order valence-corrected chi connectivity index (χ0v) is 10.5. The number of ether oxygens (including phenoxy) is 1. The molecule has 0 bridgehead atoms. The Morgan fingerprint density at radius 3 is 2.94 bits per heavy atom. The Morgan fingerprint density at radius 1 is 1.47 bits per heavy atom. The van der Waals surface area contributed by atoms with Gasteiger partial charge in [0.15, 0.2) is 5.78 Å². The summed E-state index contributed by atoms with van der Waals surface area (Å²) in [7, 11) is 0. The van der Waals surface area contributed by atoms with Gasteiger partial charge in [-0.15, -0.1) is 0 Å². The third-order valence-electron chi connectivity index (χ3n) is 2.81. The van der Waals surface area contributed by atoms with Crippen LogP contribution in [0.15, 0.2) is 24.3 Å². The zero-order chi connectivity index (χ0) is 12.3. The van der Waals surface area contributed by atoms with Gasteiger partial charge in [-0.1, -0.05) is 23.7 Å². The molecule has 0 spiro atoms. The number of hydrogen-bond donors (Lipinski definition) is 1. The number of morpholine rings is 1. The number of ketones is 1. The average molecular weight is 254 g/mol. The van der Waals surface area contributed by atoms with E-state index in [1.54, 1.807) is 12.1 Å². The Hall–Kier alpha value is -0.900. The molecule has 0 aliphatic carbocycles. The van der Waals surface area contributed by atoms with Gasteiger partial charge in [-0.2, -0.15) is 0 Å². The predicted molar refractivity (Wildman–Crippen MR) is 67.6 cm³/mol. The van der Waals surface area contributed by atoms with Crippen LogP contribution in [0.3, 0.4) is 0 Å². The Morgan fingerprint density at radius 2 is 2.24 bits per heavy atom. The summed E-state index contributed by atoms with van der Waals surface area (Å²) < 4.78 is 5.41. The predicted octanol–water partition coefficient (Wildman–Crippen LogP) is 2.29. The molecule has 1 aliphatic rings. The van der Waals surface area contributed by atoms with Crippen molar-refractivity contribution in [2.24, 2.45) is 0 Å². The lowest BCUT2D eigenvalue weighted by Crippen LogP contribution is -2.48. The zero-order valence-electron chi connectivity index (χ0n) is 9.78. The molecule has 3 nitrogen and oxygen atoms in total. The minimum absolute atomic E-state index is 0.0609. The molecule has 1 aliphatic heterocycles. The van der Waals surface area contributed by atoms with E-state index in [0.717, 1.165) is 0 Å². The van der Waals surface area contributed by atoms with Crippen LogP contribution in [-0.2, 0) is 4.74 Å². The molecule has 92 valence electrons. The van der Waals surface area contributed by atoms with Gasteiger partial charge >= 0.3 is 0 Å². The van der Waals surface area contributed by atoms with Crippen LogP contribution >= 0.6 is 11.6 Å². The first-order valence-corrected chi connectivity index (χ1v) is 6.16. The molecule has 2 rings (SSSR count). The van der Waals surface area contributed by atoms with Crippen LogP contribution in [-0.4, -0.2) is 31.1 Å². The van der Waals surface area contributed by atoms with Gasteiger partial charge < -0.3 is 10.1 Å². The number of benzene rings is 1. The Balaban J connectivity index is 1.99. The van der Waals surface area contributed by atoms with Gasteiger partial charge in [0.2, 0.25) is 0 Å². The van der Waals surface area contributed by atoms with Gasteiger partial charge in [-0.3, -0.25) is 4.79 Å². The van der Waals surface area contributed by atoms with Crippen molar-refractivity contribution in [3.63, 3.8) is 0 Å². The highest BCUT2D eigenvalue weighted by Gasteiger charge is 2.22. The van der Waals surface area contributed by atoms with E-state index in [-0.39, 0.29) is 11.8 Å². The molecular weight excluding hydrogens is 238 g/mol. The van der Waals surface area contributed by atoms with Gasteiger partial charge in [0.05, 0.1) is 18.2 Å². The first kappa shape index (κ1) is 12.6. The number of halogens is 1. The number of Topliss-reactive ketones (excluding diaryl/α,β-unsaturated/α-hetero) is 1. The second-order valence-corrected chi connectivity index (χ2v) is 4.82. The topological polar surface area (TPSA) is 38.3 Å². The van der Waals surface area contributed by atoms with E-state index in [2.05, 4.69) is 5.32 Å². The smallest absolute Gasteiger partial charge is 0.166 e. The molecule has 1 N–H and O–H groups in total. The van der Waals surface area contributed by atoms with Crippen LogP contribution in [0.2, 0.25) is 5.02 Å². The lowest BCUT2D eigenvalue weighted by atomic mass is 10.0. The highest BCUT2D eigenvalue weighted by Crippen LogP contribution is 2.18. The molecule has 4 heteroatoms. The Kier molecular flexibility index (Phi) is 4.15. The van der Waals surface area contributed by atoms with Crippen LogP contribution in [0.25, 0.3) is 0 Å². The molecule has 17 heavy (non-hydrogen) atoms. The third kappa shape index (κ3) is 3.28. The standard InChI is InChI=1S/C13H16ClNO2/c1-9-7-17-8-10(15-9)6-13(16)11-4-2-3-5-12(11)14/h2-5,9-10,15H,6-8H2,1H3.